The Labute approximate surface area is 81.9 Å². The zero-order valence-corrected chi connectivity index (χ0v) is 8.17. The van der Waals surface area contributed by atoms with Crippen LogP contribution < -0.4 is 0 Å². The van der Waals surface area contributed by atoms with Crippen LogP contribution in [-0.4, -0.2) is 48.2 Å². The first-order valence-electron chi connectivity index (χ1n) is 4.64. The van der Waals surface area contributed by atoms with Crippen LogP contribution in [0.15, 0.2) is 0 Å². The largest absolute Gasteiger partial charge is 0.394 e. The summed E-state index contributed by atoms with van der Waals surface area (Å²) >= 11 is 0. The highest BCUT2D eigenvalue weighted by Crippen LogP contribution is 2.37. The number of carbonyl (C=O) groups excluding carboxylic acids is 1. The lowest BCUT2D eigenvalue weighted by atomic mass is 10.1. The molecule has 0 radical (unpaired) electrons. The zero-order valence-electron chi connectivity index (χ0n) is 8.17. The molecule has 2 heterocycles. The first-order chi connectivity index (χ1) is 6.57. The van der Waals surface area contributed by atoms with Gasteiger partial charge < -0.3 is 24.1 Å². The third-order valence-electron chi connectivity index (χ3n) is 2.50. The predicted molar refractivity (Wildman–Crippen MR) is 45.6 cm³/mol. The summed E-state index contributed by atoms with van der Waals surface area (Å²) in [7, 11) is 0. The number of fused-ring (bicyclic) bond motifs is 1. The monoisotopic (exact) mass is 202 g/mol. The van der Waals surface area contributed by atoms with Gasteiger partial charge in [0.25, 0.3) is 0 Å². The van der Waals surface area contributed by atoms with Crippen molar-refractivity contribution >= 4 is 6.29 Å². The molecule has 2 saturated heterocycles. The number of carbonyl (C=O) groups is 1. The van der Waals surface area contributed by atoms with Crippen LogP contribution in [0.5, 0.6) is 0 Å². The van der Waals surface area contributed by atoms with E-state index in [9.17, 15) is 4.79 Å². The average molecular weight is 202 g/mol. The van der Waals surface area contributed by atoms with Crippen LogP contribution in [0, 0.1) is 0 Å². The molecule has 2 rings (SSSR count). The van der Waals surface area contributed by atoms with Crippen LogP contribution >= 0.6 is 0 Å². The third kappa shape index (κ3) is 1.46. The number of aldehydes is 1. The van der Waals surface area contributed by atoms with Gasteiger partial charge in [-0.05, 0) is 13.8 Å². The first-order valence-corrected chi connectivity index (χ1v) is 4.64. The van der Waals surface area contributed by atoms with E-state index in [1.165, 1.54) is 0 Å². The smallest absolute Gasteiger partial charge is 0.164 e. The zero-order chi connectivity index (χ0) is 10.3. The Morgan fingerprint density at radius 1 is 1.36 bits per heavy atom. The molecule has 2 aliphatic rings. The van der Waals surface area contributed by atoms with Crippen molar-refractivity contribution in [2.45, 2.75) is 44.1 Å². The fourth-order valence-electron chi connectivity index (χ4n) is 1.97. The molecule has 5 heteroatoms. The molecule has 0 aromatic heterocycles. The van der Waals surface area contributed by atoms with E-state index in [4.69, 9.17) is 19.3 Å². The standard InChI is InChI=1S/C9H14O5/c1-9(2)13-7-5(3-10)12-6(4-11)8(7)14-9/h3,5-8,11H,4H2,1-2H3/t5-,6+,7-,8+/m0/s1. The average Bonchev–Trinajstić information content (AvgIpc) is 2.57. The van der Waals surface area contributed by atoms with Crippen molar-refractivity contribution in [2.75, 3.05) is 6.61 Å². The Hall–Kier alpha value is -0.490. The van der Waals surface area contributed by atoms with E-state index in [0.717, 1.165) is 0 Å². The number of hydrogen-bond donors (Lipinski definition) is 1. The fraction of sp³-hybridized carbons (Fsp3) is 0.889. The van der Waals surface area contributed by atoms with Gasteiger partial charge in [0.15, 0.2) is 12.1 Å². The Morgan fingerprint density at radius 3 is 2.57 bits per heavy atom. The minimum Gasteiger partial charge on any atom is -0.394 e. The highest BCUT2D eigenvalue weighted by atomic mass is 16.8. The molecule has 2 aliphatic heterocycles. The number of aliphatic hydroxyl groups is 1. The second-order valence-electron chi connectivity index (χ2n) is 4.02. The van der Waals surface area contributed by atoms with Crippen LogP contribution in [-0.2, 0) is 19.0 Å². The molecule has 5 nitrogen and oxygen atoms in total. The van der Waals surface area contributed by atoms with Gasteiger partial charge in [0.1, 0.15) is 24.4 Å². The third-order valence-corrected chi connectivity index (χ3v) is 2.50. The van der Waals surface area contributed by atoms with E-state index in [1.54, 1.807) is 13.8 Å². The predicted octanol–water partition coefficient (Wildman–Crippen LogP) is -0.535. The second-order valence-corrected chi connectivity index (χ2v) is 4.02. The lowest BCUT2D eigenvalue weighted by Crippen LogP contribution is -2.31. The fourth-order valence-corrected chi connectivity index (χ4v) is 1.97. The summed E-state index contributed by atoms with van der Waals surface area (Å²) in [6, 6.07) is 0. The molecule has 0 unspecified atom stereocenters. The van der Waals surface area contributed by atoms with Gasteiger partial charge in [0.2, 0.25) is 0 Å². The summed E-state index contributed by atoms with van der Waals surface area (Å²) in [4.78, 5) is 10.7. The van der Waals surface area contributed by atoms with E-state index in [-0.39, 0.29) is 18.8 Å². The van der Waals surface area contributed by atoms with Gasteiger partial charge in [-0.3, -0.25) is 0 Å². The van der Waals surface area contributed by atoms with E-state index < -0.39 is 18.0 Å². The summed E-state index contributed by atoms with van der Waals surface area (Å²) in [5.74, 6) is -0.701. The molecule has 14 heavy (non-hydrogen) atoms. The topological polar surface area (TPSA) is 65.0 Å². The summed E-state index contributed by atoms with van der Waals surface area (Å²) in [6.45, 7) is 3.40. The molecule has 2 fully saturated rings. The Morgan fingerprint density at radius 2 is 2.00 bits per heavy atom. The van der Waals surface area contributed by atoms with Crippen LogP contribution in [0.1, 0.15) is 13.8 Å². The summed E-state index contributed by atoms with van der Waals surface area (Å²) in [6.07, 6.45) is -1.13. The van der Waals surface area contributed by atoms with Gasteiger partial charge in [-0.1, -0.05) is 0 Å². The van der Waals surface area contributed by atoms with E-state index in [1.807, 2.05) is 0 Å². The molecule has 0 spiro atoms. The quantitative estimate of drug-likeness (QED) is 0.609. The summed E-state index contributed by atoms with van der Waals surface area (Å²) in [5, 5.41) is 9.02. The summed E-state index contributed by atoms with van der Waals surface area (Å²) in [5.41, 5.74) is 0. The van der Waals surface area contributed by atoms with Crippen molar-refractivity contribution in [2.24, 2.45) is 0 Å². The SMILES string of the molecule is CC1(C)O[C@@H]2[C@H](O1)[C@@H](CO)O[C@H]2C=O. The molecule has 80 valence electrons. The normalized spacial score (nSPS) is 45.1. The summed E-state index contributed by atoms with van der Waals surface area (Å²) < 4.78 is 16.3. The minimum atomic E-state index is -0.701. The van der Waals surface area contributed by atoms with E-state index >= 15 is 0 Å². The molecular weight excluding hydrogens is 188 g/mol. The molecule has 4 atom stereocenters. The molecule has 0 amide bonds. The van der Waals surface area contributed by atoms with Crippen molar-refractivity contribution < 1.29 is 24.1 Å². The number of ether oxygens (including phenoxy) is 3. The maximum atomic E-state index is 10.7. The first kappa shape index (κ1) is 10.0. The van der Waals surface area contributed by atoms with Crippen LogP contribution in [0.2, 0.25) is 0 Å². The van der Waals surface area contributed by atoms with Crippen LogP contribution in [0.3, 0.4) is 0 Å². The maximum absolute atomic E-state index is 10.7. The Kier molecular flexibility index (Phi) is 2.35. The highest BCUT2D eigenvalue weighted by molar-refractivity contribution is 5.58. The van der Waals surface area contributed by atoms with Gasteiger partial charge in [0, 0.05) is 0 Å². The Balaban J connectivity index is 2.16. The van der Waals surface area contributed by atoms with Crippen LogP contribution in [0.4, 0.5) is 0 Å². The molecule has 0 bridgehead atoms. The van der Waals surface area contributed by atoms with Gasteiger partial charge in [-0.15, -0.1) is 0 Å². The van der Waals surface area contributed by atoms with Gasteiger partial charge in [-0.25, -0.2) is 0 Å². The van der Waals surface area contributed by atoms with Crippen molar-refractivity contribution in [3.8, 4) is 0 Å². The molecule has 0 aromatic rings. The van der Waals surface area contributed by atoms with Crippen LogP contribution in [0.25, 0.3) is 0 Å². The van der Waals surface area contributed by atoms with Gasteiger partial charge in [0.05, 0.1) is 6.61 Å². The second kappa shape index (κ2) is 3.27. The molecule has 0 saturated carbocycles. The molecular formula is C9H14O5. The van der Waals surface area contributed by atoms with E-state index in [2.05, 4.69) is 0 Å². The molecule has 1 N–H and O–H groups in total. The van der Waals surface area contributed by atoms with Crippen molar-refractivity contribution in [3.05, 3.63) is 0 Å². The lowest BCUT2D eigenvalue weighted by Gasteiger charge is -2.21. The number of aliphatic hydroxyl groups excluding tert-OH is 1. The number of rotatable bonds is 2. The molecule has 0 aromatic carbocycles. The van der Waals surface area contributed by atoms with Crippen molar-refractivity contribution in [3.63, 3.8) is 0 Å². The lowest BCUT2D eigenvalue weighted by molar-refractivity contribution is -0.188. The van der Waals surface area contributed by atoms with Crippen molar-refractivity contribution in [1.29, 1.82) is 0 Å². The number of hydrogen-bond acceptors (Lipinski definition) is 5. The minimum absolute atomic E-state index is 0.162. The van der Waals surface area contributed by atoms with E-state index in [0.29, 0.717) is 6.29 Å². The highest BCUT2D eigenvalue weighted by Gasteiger charge is 2.54. The molecule has 0 aliphatic carbocycles. The van der Waals surface area contributed by atoms with Crippen molar-refractivity contribution in [1.82, 2.24) is 0 Å². The van der Waals surface area contributed by atoms with Gasteiger partial charge >= 0.3 is 0 Å². The van der Waals surface area contributed by atoms with Gasteiger partial charge in [-0.2, -0.15) is 0 Å². The maximum Gasteiger partial charge on any atom is 0.164 e. The Bertz CT molecular complexity index is 239.